The normalized spacial score (nSPS) is 12.0. The molecule has 0 radical (unpaired) electrons. The Bertz CT molecular complexity index is 939. The zero-order chi connectivity index (χ0) is 18.7. The lowest BCUT2D eigenvalue weighted by Gasteiger charge is -2.15. The van der Waals surface area contributed by atoms with E-state index in [1.165, 1.54) is 0 Å². The number of methoxy groups -OCH3 is 1. The Morgan fingerprint density at radius 3 is 2.69 bits per heavy atom. The number of carbonyl (C=O) groups is 1. The Balaban J connectivity index is 2.09. The van der Waals surface area contributed by atoms with Crippen molar-refractivity contribution in [3.05, 3.63) is 64.8 Å². The first kappa shape index (κ1) is 17.9. The van der Waals surface area contributed by atoms with Crippen LogP contribution in [0.3, 0.4) is 0 Å². The van der Waals surface area contributed by atoms with Crippen molar-refractivity contribution in [1.82, 2.24) is 10.2 Å². The maximum Gasteiger partial charge on any atom is 0.304 e. The predicted molar refractivity (Wildman–Crippen MR) is 96.6 cm³/mol. The summed E-state index contributed by atoms with van der Waals surface area (Å²) in [7, 11) is 1.58. The number of aliphatic carboxylic acids is 1. The standard InChI is InChI=1S/C19H17ClN2O4/c1-11-21-22-19(26-11)14(10-17(23)24)12-5-3-6-13(9-12)18-15(20)7-4-8-16(18)25-2/h3-9,14H,10H2,1-2H3,(H,23,24). The molecule has 0 aliphatic carbocycles. The lowest BCUT2D eigenvalue weighted by atomic mass is 9.92. The minimum Gasteiger partial charge on any atom is -0.496 e. The highest BCUT2D eigenvalue weighted by atomic mass is 35.5. The third-order valence-electron chi connectivity index (χ3n) is 3.99. The van der Waals surface area contributed by atoms with Gasteiger partial charge in [0.2, 0.25) is 11.8 Å². The quantitative estimate of drug-likeness (QED) is 0.693. The topological polar surface area (TPSA) is 85.5 Å². The molecule has 1 aromatic heterocycles. The first-order valence-electron chi connectivity index (χ1n) is 7.94. The van der Waals surface area contributed by atoms with Crippen LogP contribution < -0.4 is 4.74 Å². The Hall–Kier alpha value is -2.86. The monoisotopic (exact) mass is 372 g/mol. The van der Waals surface area contributed by atoms with E-state index in [4.69, 9.17) is 20.8 Å². The van der Waals surface area contributed by atoms with E-state index in [1.54, 1.807) is 20.1 Å². The van der Waals surface area contributed by atoms with E-state index < -0.39 is 11.9 Å². The molecule has 1 heterocycles. The van der Waals surface area contributed by atoms with E-state index >= 15 is 0 Å². The molecule has 0 aliphatic heterocycles. The number of aromatic nitrogens is 2. The van der Waals surface area contributed by atoms with Crippen LogP contribution in [0, 0.1) is 6.92 Å². The summed E-state index contributed by atoms with van der Waals surface area (Å²) in [5.41, 5.74) is 2.31. The maximum atomic E-state index is 11.3. The predicted octanol–water partition coefficient (Wildman–Crippen LogP) is 4.31. The first-order chi connectivity index (χ1) is 12.5. The molecule has 1 atom stereocenters. The van der Waals surface area contributed by atoms with E-state index in [1.807, 2.05) is 36.4 Å². The number of hydrogen-bond acceptors (Lipinski definition) is 5. The number of hydrogen-bond donors (Lipinski definition) is 1. The summed E-state index contributed by atoms with van der Waals surface area (Å²) in [6.07, 6.45) is -0.162. The fourth-order valence-electron chi connectivity index (χ4n) is 2.84. The van der Waals surface area contributed by atoms with Crippen molar-refractivity contribution in [3.8, 4) is 16.9 Å². The number of aryl methyl sites for hydroxylation is 1. The highest BCUT2D eigenvalue weighted by Gasteiger charge is 2.24. The SMILES string of the molecule is COc1cccc(Cl)c1-c1cccc(C(CC(=O)O)c2nnc(C)o2)c1. The Morgan fingerprint density at radius 2 is 2.04 bits per heavy atom. The minimum absolute atomic E-state index is 0.162. The molecule has 0 saturated carbocycles. The molecule has 0 amide bonds. The maximum absolute atomic E-state index is 11.3. The van der Waals surface area contributed by atoms with Gasteiger partial charge in [-0.2, -0.15) is 0 Å². The molecule has 3 aromatic rings. The molecule has 0 spiro atoms. The van der Waals surface area contributed by atoms with Gasteiger partial charge in [0.1, 0.15) is 5.75 Å². The summed E-state index contributed by atoms with van der Waals surface area (Å²) in [5, 5.41) is 17.7. The van der Waals surface area contributed by atoms with Gasteiger partial charge in [0.25, 0.3) is 0 Å². The summed E-state index contributed by atoms with van der Waals surface area (Å²) in [5.74, 6) is -0.209. The number of nitrogens with zero attached hydrogens (tertiary/aromatic N) is 2. The second-order valence-corrected chi connectivity index (χ2v) is 6.16. The Kier molecular flexibility index (Phi) is 5.23. The summed E-state index contributed by atoms with van der Waals surface area (Å²) in [6, 6.07) is 12.8. The van der Waals surface area contributed by atoms with Crippen LogP contribution in [-0.4, -0.2) is 28.4 Å². The fraction of sp³-hybridized carbons (Fsp3) is 0.211. The fourth-order valence-corrected chi connectivity index (χ4v) is 3.12. The number of rotatable bonds is 6. The van der Waals surface area contributed by atoms with Gasteiger partial charge in [-0.1, -0.05) is 41.9 Å². The van der Waals surface area contributed by atoms with Crippen LogP contribution in [0.2, 0.25) is 5.02 Å². The Labute approximate surface area is 155 Å². The van der Waals surface area contributed by atoms with E-state index in [9.17, 15) is 9.90 Å². The molecule has 1 N–H and O–H groups in total. The smallest absolute Gasteiger partial charge is 0.304 e. The third kappa shape index (κ3) is 3.70. The molecule has 2 aromatic carbocycles. The number of ether oxygens (including phenoxy) is 1. The number of carboxylic acids is 1. The lowest BCUT2D eigenvalue weighted by Crippen LogP contribution is -2.08. The number of halogens is 1. The molecular formula is C19H17ClN2O4. The molecule has 0 fully saturated rings. The van der Waals surface area contributed by atoms with Gasteiger partial charge in [-0.05, 0) is 23.3 Å². The average Bonchev–Trinajstić information content (AvgIpc) is 3.05. The largest absolute Gasteiger partial charge is 0.496 e. The second kappa shape index (κ2) is 7.58. The molecule has 7 heteroatoms. The van der Waals surface area contributed by atoms with E-state index in [2.05, 4.69) is 10.2 Å². The van der Waals surface area contributed by atoms with Gasteiger partial charge in [-0.15, -0.1) is 10.2 Å². The molecule has 134 valence electrons. The summed E-state index contributed by atoms with van der Waals surface area (Å²) in [6.45, 7) is 1.67. The molecule has 3 rings (SSSR count). The zero-order valence-corrected chi connectivity index (χ0v) is 15.0. The molecule has 0 saturated heterocycles. The van der Waals surface area contributed by atoms with Crippen LogP contribution in [0.25, 0.3) is 11.1 Å². The summed E-state index contributed by atoms with van der Waals surface area (Å²) >= 11 is 6.36. The van der Waals surface area contributed by atoms with Crippen molar-refractivity contribution in [2.45, 2.75) is 19.3 Å². The van der Waals surface area contributed by atoms with Gasteiger partial charge in [0.05, 0.1) is 24.5 Å². The van der Waals surface area contributed by atoms with Crippen LogP contribution in [0.5, 0.6) is 5.75 Å². The summed E-state index contributed by atoms with van der Waals surface area (Å²) in [4.78, 5) is 11.3. The molecule has 0 bridgehead atoms. The van der Waals surface area contributed by atoms with Crippen LogP contribution in [0.1, 0.15) is 29.7 Å². The van der Waals surface area contributed by atoms with Gasteiger partial charge >= 0.3 is 5.97 Å². The van der Waals surface area contributed by atoms with Crippen molar-refractivity contribution in [2.24, 2.45) is 0 Å². The van der Waals surface area contributed by atoms with Crippen LogP contribution in [-0.2, 0) is 4.79 Å². The average molecular weight is 373 g/mol. The highest BCUT2D eigenvalue weighted by molar-refractivity contribution is 6.33. The van der Waals surface area contributed by atoms with E-state index in [0.29, 0.717) is 16.7 Å². The number of benzene rings is 2. The molecule has 6 nitrogen and oxygen atoms in total. The third-order valence-corrected chi connectivity index (χ3v) is 4.31. The van der Waals surface area contributed by atoms with Gasteiger partial charge in [0, 0.05) is 12.5 Å². The van der Waals surface area contributed by atoms with Crippen molar-refractivity contribution in [2.75, 3.05) is 7.11 Å². The minimum atomic E-state index is -0.952. The zero-order valence-electron chi connectivity index (χ0n) is 14.3. The van der Waals surface area contributed by atoms with Gasteiger partial charge in [-0.25, -0.2) is 0 Å². The van der Waals surface area contributed by atoms with Gasteiger partial charge in [-0.3, -0.25) is 4.79 Å². The molecule has 1 unspecified atom stereocenters. The van der Waals surface area contributed by atoms with Crippen LogP contribution >= 0.6 is 11.6 Å². The van der Waals surface area contributed by atoms with Gasteiger partial charge in [0.15, 0.2) is 0 Å². The molecular weight excluding hydrogens is 356 g/mol. The van der Waals surface area contributed by atoms with Crippen molar-refractivity contribution in [1.29, 1.82) is 0 Å². The van der Waals surface area contributed by atoms with Crippen LogP contribution in [0.15, 0.2) is 46.9 Å². The van der Waals surface area contributed by atoms with Crippen LogP contribution in [0.4, 0.5) is 0 Å². The van der Waals surface area contributed by atoms with E-state index in [0.717, 1.165) is 16.7 Å². The highest BCUT2D eigenvalue weighted by Crippen LogP contribution is 2.38. The molecule has 26 heavy (non-hydrogen) atoms. The second-order valence-electron chi connectivity index (χ2n) is 5.75. The van der Waals surface area contributed by atoms with Crippen molar-refractivity contribution in [3.63, 3.8) is 0 Å². The number of carboxylic acid groups (broad SMARTS) is 1. The summed E-state index contributed by atoms with van der Waals surface area (Å²) < 4.78 is 10.9. The molecule has 0 aliphatic rings. The Morgan fingerprint density at radius 1 is 1.27 bits per heavy atom. The van der Waals surface area contributed by atoms with Gasteiger partial charge < -0.3 is 14.3 Å². The van der Waals surface area contributed by atoms with E-state index in [-0.39, 0.29) is 12.3 Å². The van der Waals surface area contributed by atoms with Crippen molar-refractivity contribution >= 4 is 17.6 Å². The van der Waals surface area contributed by atoms with Crippen molar-refractivity contribution < 1.29 is 19.1 Å². The first-order valence-corrected chi connectivity index (χ1v) is 8.32. The lowest BCUT2D eigenvalue weighted by molar-refractivity contribution is -0.137.